The summed E-state index contributed by atoms with van der Waals surface area (Å²) in [6.07, 6.45) is 4.88. The van der Waals surface area contributed by atoms with E-state index >= 15 is 0 Å². The second-order valence-electron chi connectivity index (χ2n) is 5.44. The summed E-state index contributed by atoms with van der Waals surface area (Å²) in [5, 5.41) is 9.70. The van der Waals surface area contributed by atoms with Crippen LogP contribution in [0.5, 0.6) is 0 Å². The van der Waals surface area contributed by atoms with Crippen molar-refractivity contribution in [2.75, 3.05) is 0 Å². The first kappa shape index (κ1) is 8.25. The van der Waals surface area contributed by atoms with Crippen LogP contribution in [0.3, 0.4) is 0 Å². The van der Waals surface area contributed by atoms with Gasteiger partial charge in [0.1, 0.15) is 0 Å². The molecule has 1 aliphatic heterocycles. The number of likely N-dealkylation sites (tertiary alicyclic amines) is 1. The van der Waals surface area contributed by atoms with Crippen molar-refractivity contribution >= 4 is 0 Å². The van der Waals surface area contributed by atoms with Gasteiger partial charge in [0.2, 0.25) is 0 Å². The van der Waals surface area contributed by atoms with Gasteiger partial charge in [-0.05, 0) is 39.5 Å². The Balaban J connectivity index is 1.84. The van der Waals surface area contributed by atoms with Gasteiger partial charge in [0.25, 0.3) is 0 Å². The standard InChI is InChI=1S/C11H19NO/c1-7(2)12-9-3-4-11(9)6-8(13)5-10(11)12/h7-10,13H,3-6H2,1-2H3. The molecule has 4 unspecified atom stereocenters. The first-order chi connectivity index (χ1) is 6.15. The maximum absolute atomic E-state index is 9.70. The molecule has 1 heterocycles. The Bertz CT molecular complexity index is 240. The van der Waals surface area contributed by atoms with Crippen LogP contribution in [0.25, 0.3) is 0 Å². The van der Waals surface area contributed by atoms with Crippen molar-refractivity contribution in [1.82, 2.24) is 4.90 Å². The molecule has 1 spiro atoms. The molecule has 2 saturated carbocycles. The molecule has 3 fully saturated rings. The van der Waals surface area contributed by atoms with E-state index in [1.54, 1.807) is 0 Å². The van der Waals surface area contributed by atoms with Crippen molar-refractivity contribution in [3.63, 3.8) is 0 Å². The Hall–Kier alpha value is -0.0800. The van der Waals surface area contributed by atoms with Gasteiger partial charge in [-0.15, -0.1) is 0 Å². The van der Waals surface area contributed by atoms with Gasteiger partial charge in [-0.3, -0.25) is 4.90 Å². The van der Waals surface area contributed by atoms with Crippen LogP contribution in [-0.4, -0.2) is 34.2 Å². The van der Waals surface area contributed by atoms with Crippen molar-refractivity contribution in [3.8, 4) is 0 Å². The van der Waals surface area contributed by atoms with E-state index < -0.39 is 0 Å². The van der Waals surface area contributed by atoms with E-state index in [-0.39, 0.29) is 6.10 Å². The van der Waals surface area contributed by atoms with Crippen LogP contribution >= 0.6 is 0 Å². The normalized spacial score (nSPS) is 54.0. The number of piperidine rings is 1. The van der Waals surface area contributed by atoms with Gasteiger partial charge in [0.15, 0.2) is 0 Å². The third kappa shape index (κ3) is 0.774. The summed E-state index contributed by atoms with van der Waals surface area (Å²) in [6, 6.07) is 2.23. The minimum Gasteiger partial charge on any atom is -0.393 e. The Morgan fingerprint density at radius 2 is 2.15 bits per heavy atom. The molecule has 3 rings (SSSR count). The van der Waals surface area contributed by atoms with E-state index in [2.05, 4.69) is 18.7 Å². The molecule has 0 aromatic heterocycles. The highest BCUT2D eigenvalue weighted by Crippen LogP contribution is 2.65. The third-order valence-corrected chi connectivity index (χ3v) is 4.64. The lowest BCUT2D eigenvalue weighted by molar-refractivity contribution is -0.202. The Kier molecular flexibility index (Phi) is 1.45. The third-order valence-electron chi connectivity index (χ3n) is 4.64. The number of aliphatic hydroxyl groups is 1. The molecular formula is C11H19NO. The van der Waals surface area contributed by atoms with Crippen LogP contribution in [0.15, 0.2) is 0 Å². The number of hydrogen-bond acceptors (Lipinski definition) is 2. The zero-order valence-corrected chi connectivity index (χ0v) is 8.53. The van der Waals surface area contributed by atoms with E-state index in [4.69, 9.17) is 0 Å². The molecule has 0 amide bonds. The molecule has 2 heteroatoms. The number of nitrogens with zero attached hydrogens (tertiary/aromatic N) is 1. The summed E-state index contributed by atoms with van der Waals surface area (Å²) in [6.45, 7) is 4.57. The van der Waals surface area contributed by atoms with Crippen LogP contribution in [0.4, 0.5) is 0 Å². The van der Waals surface area contributed by atoms with Crippen molar-refractivity contribution in [3.05, 3.63) is 0 Å². The second kappa shape index (κ2) is 2.29. The van der Waals surface area contributed by atoms with Crippen LogP contribution in [0, 0.1) is 5.41 Å². The highest BCUT2D eigenvalue weighted by Gasteiger charge is 2.69. The highest BCUT2D eigenvalue weighted by molar-refractivity contribution is 5.22. The van der Waals surface area contributed by atoms with E-state index in [9.17, 15) is 5.11 Å². The Morgan fingerprint density at radius 1 is 1.38 bits per heavy atom. The minimum absolute atomic E-state index is 0.00319. The summed E-state index contributed by atoms with van der Waals surface area (Å²) in [4.78, 5) is 2.64. The molecule has 74 valence electrons. The van der Waals surface area contributed by atoms with Gasteiger partial charge in [0, 0.05) is 23.5 Å². The zero-order chi connectivity index (χ0) is 9.22. The summed E-state index contributed by atoms with van der Waals surface area (Å²) in [7, 11) is 0. The van der Waals surface area contributed by atoms with E-state index in [1.807, 2.05) is 0 Å². The Labute approximate surface area is 79.9 Å². The molecule has 0 bridgehead atoms. The first-order valence-corrected chi connectivity index (χ1v) is 5.60. The average Bonchev–Trinajstić information content (AvgIpc) is 2.36. The molecule has 1 N–H and O–H groups in total. The zero-order valence-electron chi connectivity index (χ0n) is 8.53. The Morgan fingerprint density at radius 3 is 2.69 bits per heavy atom. The van der Waals surface area contributed by atoms with Gasteiger partial charge in [-0.25, -0.2) is 0 Å². The summed E-state index contributed by atoms with van der Waals surface area (Å²) >= 11 is 0. The molecule has 0 radical (unpaired) electrons. The predicted octanol–water partition coefficient (Wildman–Crippen LogP) is 1.38. The monoisotopic (exact) mass is 181 g/mol. The average molecular weight is 181 g/mol. The maximum atomic E-state index is 9.70. The SMILES string of the molecule is CC(C)N1C2CCC23CC(O)CC13. The lowest BCUT2D eigenvalue weighted by Gasteiger charge is -2.69. The molecule has 2 aliphatic carbocycles. The van der Waals surface area contributed by atoms with Gasteiger partial charge in [-0.2, -0.15) is 0 Å². The van der Waals surface area contributed by atoms with E-state index in [1.165, 1.54) is 12.8 Å². The second-order valence-corrected chi connectivity index (χ2v) is 5.44. The van der Waals surface area contributed by atoms with Crippen molar-refractivity contribution in [2.45, 2.75) is 63.8 Å². The topological polar surface area (TPSA) is 23.5 Å². The van der Waals surface area contributed by atoms with E-state index in [0.29, 0.717) is 11.5 Å². The molecule has 1 saturated heterocycles. The van der Waals surface area contributed by atoms with Gasteiger partial charge >= 0.3 is 0 Å². The fourth-order valence-corrected chi connectivity index (χ4v) is 4.14. The van der Waals surface area contributed by atoms with Gasteiger partial charge < -0.3 is 5.11 Å². The van der Waals surface area contributed by atoms with Gasteiger partial charge in [-0.1, -0.05) is 0 Å². The van der Waals surface area contributed by atoms with Crippen molar-refractivity contribution < 1.29 is 5.11 Å². The minimum atomic E-state index is -0.00319. The summed E-state index contributed by atoms with van der Waals surface area (Å²) < 4.78 is 0. The quantitative estimate of drug-likeness (QED) is 0.660. The van der Waals surface area contributed by atoms with Crippen molar-refractivity contribution in [2.24, 2.45) is 5.41 Å². The molecule has 13 heavy (non-hydrogen) atoms. The largest absolute Gasteiger partial charge is 0.393 e. The van der Waals surface area contributed by atoms with Crippen LogP contribution in [0.1, 0.15) is 39.5 Å². The fraction of sp³-hybridized carbons (Fsp3) is 1.00. The first-order valence-electron chi connectivity index (χ1n) is 5.60. The fourth-order valence-electron chi connectivity index (χ4n) is 4.14. The molecule has 2 nitrogen and oxygen atoms in total. The van der Waals surface area contributed by atoms with Gasteiger partial charge in [0.05, 0.1) is 6.10 Å². The maximum Gasteiger partial charge on any atom is 0.0561 e. The van der Waals surface area contributed by atoms with Crippen LogP contribution in [-0.2, 0) is 0 Å². The van der Waals surface area contributed by atoms with Crippen LogP contribution < -0.4 is 0 Å². The van der Waals surface area contributed by atoms with E-state index in [0.717, 1.165) is 24.9 Å². The molecule has 4 atom stereocenters. The lowest BCUT2D eigenvalue weighted by atomic mass is 9.53. The van der Waals surface area contributed by atoms with Crippen molar-refractivity contribution in [1.29, 1.82) is 0 Å². The molecule has 0 aromatic carbocycles. The number of aliphatic hydroxyl groups excluding tert-OH is 1. The number of rotatable bonds is 1. The summed E-state index contributed by atoms with van der Waals surface area (Å²) in [5.41, 5.74) is 0.573. The molecule has 0 aromatic rings. The lowest BCUT2D eigenvalue weighted by Crippen LogP contribution is -2.76. The highest BCUT2D eigenvalue weighted by atomic mass is 16.3. The van der Waals surface area contributed by atoms with Crippen LogP contribution in [0.2, 0.25) is 0 Å². The summed E-state index contributed by atoms with van der Waals surface area (Å²) in [5.74, 6) is 0. The number of hydrogen-bond donors (Lipinski definition) is 1. The predicted molar refractivity (Wildman–Crippen MR) is 51.5 cm³/mol. The molecule has 3 aliphatic rings. The smallest absolute Gasteiger partial charge is 0.0561 e. The molecular weight excluding hydrogens is 162 g/mol.